The monoisotopic (exact) mass is 135 g/mol. The van der Waals surface area contributed by atoms with E-state index in [0.29, 0.717) is 11.3 Å². The largest absolute Gasteiger partial charge is 0.366 e. The van der Waals surface area contributed by atoms with E-state index in [9.17, 15) is 4.79 Å². The normalized spacial score (nSPS) is 8.70. The zero-order chi connectivity index (χ0) is 7.56. The fourth-order valence-electron chi connectivity index (χ4n) is 0.601. The summed E-state index contributed by atoms with van der Waals surface area (Å²) in [6, 6.07) is 3.24. The molecule has 50 valence electrons. The predicted octanol–water partition coefficient (Wildman–Crippen LogP) is -0.0147. The van der Waals surface area contributed by atoms with Gasteiger partial charge in [-0.05, 0) is 6.07 Å². The van der Waals surface area contributed by atoms with Crippen LogP contribution in [-0.2, 0) is 0 Å². The number of H-pyrrole nitrogens is 1. The quantitative estimate of drug-likeness (QED) is 0.567. The first kappa shape index (κ1) is 6.36. The minimum absolute atomic E-state index is 0.330. The second-order valence-electron chi connectivity index (χ2n) is 1.78. The number of nitrogens with zero attached hydrogens (tertiary/aromatic N) is 1. The van der Waals surface area contributed by atoms with Crippen molar-refractivity contribution in [1.29, 1.82) is 5.26 Å². The molecular formula is C6H5N3O. The van der Waals surface area contributed by atoms with Crippen molar-refractivity contribution < 1.29 is 4.79 Å². The Kier molecular flexibility index (Phi) is 1.42. The van der Waals surface area contributed by atoms with E-state index in [1.807, 2.05) is 6.07 Å². The molecule has 0 saturated carbocycles. The molecule has 4 heteroatoms. The highest BCUT2D eigenvalue weighted by atomic mass is 16.1. The van der Waals surface area contributed by atoms with Crippen LogP contribution in [0.3, 0.4) is 0 Å². The number of nitriles is 1. The highest BCUT2D eigenvalue weighted by molar-refractivity contribution is 5.92. The number of carbonyl (C=O) groups excluding carboxylic acids is 1. The van der Waals surface area contributed by atoms with Crippen LogP contribution >= 0.6 is 0 Å². The van der Waals surface area contributed by atoms with Gasteiger partial charge in [-0.3, -0.25) is 4.79 Å². The second kappa shape index (κ2) is 2.23. The van der Waals surface area contributed by atoms with Gasteiger partial charge < -0.3 is 10.7 Å². The fourth-order valence-corrected chi connectivity index (χ4v) is 0.601. The SMILES string of the molecule is N#Cc1cc(C(N)=O)c[nH]1. The van der Waals surface area contributed by atoms with Gasteiger partial charge in [-0.2, -0.15) is 5.26 Å². The number of aromatic nitrogens is 1. The summed E-state index contributed by atoms with van der Waals surface area (Å²) < 4.78 is 0. The first-order valence-electron chi connectivity index (χ1n) is 2.62. The molecule has 0 bridgehead atoms. The molecule has 3 N–H and O–H groups in total. The molecule has 0 fully saturated rings. The van der Waals surface area contributed by atoms with E-state index in [1.165, 1.54) is 12.3 Å². The van der Waals surface area contributed by atoms with Crippen molar-refractivity contribution in [1.82, 2.24) is 4.98 Å². The Bertz CT molecular complexity index is 294. The van der Waals surface area contributed by atoms with Crippen molar-refractivity contribution in [2.45, 2.75) is 0 Å². The Balaban J connectivity index is 3.02. The van der Waals surface area contributed by atoms with Crippen LogP contribution in [0.1, 0.15) is 16.1 Å². The number of rotatable bonds is 1. The Hall–Kier alpha value is -1.76. The van der Waals surface area contributed by atoms with Gasteiger partial charge in [0.2, 0.25) is 5.91 Å². The summed E-state index contributed by atoms with van der Waals surface area (Å²) in [6.45, 7) is 0. The van der Waals surface area contributed by atoms with Gasteiger partial charge in [0.25, 0.3) is 0 Å². The Morgan fingerprint density at radius 1 is 1.80 bits per heavy atom. The summed E-state index contributed by atoms with van der Waals surface area (Å²) in [7, 11) is 0. The third-order valence-electron chi connectivity index (χ3n) is 1.09. The lowest BCUT2D eigenvalue weighted by atomic mass is 10.3. The van der Waals surface area contributed by atoms with E-state index in [4.69, 9.17) is 11.0 Å². The lowest BCUT2D eigenvalue weighted by molar-refractivity contribution is 0.100. The van der Waals surface area contributed by atoms with Crippen molar-refractivity contribution in [2.75, 3.05) is 0 Å². The van der Waals surface area contributed by atoms with E-state index in [0.717, 1.165) is 0 Å². The Morgan fingerprint density at radius 3 is 2.80 bits per heavy atom. The van der Waals surface area contributed by atoms with Gasteiger partial charge in [0.05, 0.1) is 5.56 Å². The van der Waals surface area contributed by atoms with Gasteiger partial charge in [0.1, 0.15) is 11.8 Å². The molecule has 1 aromatic heterocycles. The first-order chi connectivity index (χ1) is 4.74. The van der Waals surface area contributed by atoms with Gasteiger partial charge in [-0.25, -0.2) is 0 Å². The zero-order valence-electron chi connectivity index (χ0n) is 5.09. The summed E-state index contributed by atoms with van der Waals surface area (Å²) >= 11 is 0. The van der Waals surface area contributed by atoms with E-state index in [-0.39, 0.29) is 0 Å². The molecule has 0 saturated heterocycles. The molecular weight excluding hydrogens is 130 g/mol. The number of nitrogens with one attached hydrogen (secondary N) is 1. The molecule has 0 aliphatic heterocycles. The molecule has 1 aromatic rings. The first-order valence-corrected chi connectivity index (χ1v) is 2.62. The number of carbonyl (C=O) groups is 1. The standard InChI is InChI=1S/C6H5N3O/c7-2-5-1-4(3-9-5)6(8)10/h1,3,9H,(H2,8,10). The minimum atomic E-state index is -0.530. The van der Waals surface area contributed by atoms with Crippen molar-refractivity contribution in [3.63, 3.8) is 0 Å². The molecule has 0 aromatic carbocycles. The van der Waals surface area contributed by atoms with Gasteiger partial charge in [-0.15, -0.1) is 0 Å². The van der Waals surface area contributed by atoms with Gasteiger partial charge in [0.15, 0.2) is 0 Å². The van der Waals surface area contributed by atoms with Crippen molar-refractivity contribution in [3.8, 4) is 6.07 Å². The van der Waals surface area contributed by atoms with Crippen LogP contribution in [0.2, 0.25) is 0 Å². The summed E-state index contributed by atoms with van der Waals surface area (Å²) in [4.78, 5) is 13.0. The highest BCUT2D eigenvalue weighted by Gasteiger charge is 2.01. The molecule has 0 radical (unpaired) electrons. The van der Waals surface area contributed by atoms with Crippen LogP contribution in [0.5, 0.6) is 0 Å². The van der Waals surface area contributed by atoms with Gasteiger partial charge in [0, 0.05) is 6.20 Å². The van der Waals surface area contributed by atoms with Gasteiger partial charge >= 0.3 is 0 Å². The maximum atomic E-state index is 10.4. The Labute approximate surface area is 57.3 Å². The van der Waals surface area contributed by atoms with Crippen molar-refractivity contribution >= 4 is 5.91 Å². The lowest BCUT2D eigenvalue weighted by Gasteiger charge is -1.80. The maximum absolute atomic E-state index is 10.4. The van der Waals surface area contributed by atoms with E-state index >= 15 is 0 Å². The summed E-state index contributed by atoms with van der Waals surface area (Å²) in [5, 5.41) is 8.30. The molecule has 0 unspecified atom stereocenters. The average molecular weight is 135 g/mol. The summed E-state index contributed by atoms with van der Waals surface area (Å²) in [5.41, 5.74) is 5.59. The average Bonchev–Trinajstić information content (AvgIpc) is 2.34. The summed E-state index contributed by atoms with van der Waals surface area (Å²) in [5.74, 6) is -0.530. The Morgan fingerprint density at radius 2 is 2.50 bits per heavy atom. The van der Waals surface area contributed by atoms with Crippen LogP contribution in [0.25, 0.3) is 0 Å². The number of nitrogens with two attached hydrogens (primary N) is 1. The number of amides is 1. The third-order valence-corrected chi connectivity index (χ3v) is 1.09. The number of hydrogen-bond acceptors (Lipinski definition) is 2. The van der Waals surface area contributed by atoms with Crippen molar-refractivity contribution in [3.05, 3.63) is 23.5 Å². The predicted molar refractivity (Wildman–Crippen MR) is 34.0 cm³/mol. The minimum Gasteiger partial charge on any atom is -0.366 e. The second-order valence-corrected chi connectivity index (χ2v) is 1.78. The number of hydrogen-bond donors (Lipinski definition) is 2. The topological polar surface area (TPSA) is 82.7 Å². The van der Waals surface area contributed by atoms with Crippen LogP contribution in [-0.4, -0.2) is 10.9 Å². The maximum Gasteiger partial charge on any atom is 0.250 e. The van der Waals surface area contributed by atoms with Crippen LogP contribution in [0.4, 0.5) is 0 Å². The molecule has 0 aliphatic carbocycles. The summed E-state index contributed by atoms with van der Waals surface area (Å²) in [6.07, 6.45) is 1.40. The van der Waals surface area contributed by atoms with E-state index in [1.54, 1.807) is 0 Å². The molecule has 10 heavy (non-hydrogen) atoms. The molecule has 0 aliphatic rings. The fraction of sp³-hybridized carbons (Fsp3) is 0. The number of primary amides is 1. The van der Waals surface area contributed by atoms with Crippen LogP contribution < -0.4 is 5.73 Å². The zero-order valence-corrected chi connectivity index (χ0v) is 5.09. The molecule has 0 atom stereocenters. The van der Waals surface area contributed by atoms with E-state index in [2.05, 4.69) is 4.98 Å². The third kappa shape index (κ3) is 0.977. The highest BCUT2D eigenvalue weighted by Crippen LogP contribution is 1.99. The number of aromatic amines is 1. The van der Waals surface area contributed by atoms with Crippen LogP contribution in [0, 0.1) is 11.3 Å². The van der Waals surface area contributed by atoms with Gasteiger partial charge in [-0.1, -0.05) is 0 Å². The van der Waals surface area contributed by atoms with E-state index < -0.39 is 5.91 Å². The lowest BCUT2D eigenvalue weighted by Crippen LogP contribution is -2.09. The van der Waals surface area contributed by atoms with Crippen LogP contribution in [0.15, 0.2) is 12.3 Å². The smallest absolute Gasteiger partial charge is 0.250 e. The molecule has 4 nitrogen and oxygen atoms in total. The molecule has 0 spiro atoms. The molecule has 1 heterocycles. The molecule has 1 rings (SSSR count). The molecule has 1 amide bonds. The van der Waals surface area contributed by atoms with Crippen molar-refractivity contribution in [2.24, 2.45) is 5.73 Å².